The van der Waals surface area contributed by atoms with E-state index >= 15 is 0 Å². The third-order valence-electron chi connectivity index (χ3n) is 6.73. The number of benzene rings is 2. The molecule has 39 heavy (non-hydrogen) atoms. The number of hydrogen-bond donors (Lipinski definition) is 1. The van der Waals surface area contributed by atoms with Crippen molar-refractivity contribution in [2.24, 2.45) is 0 Å². The molecule has 7 nitrogen and oxygen atoms in total. The number of unbranched alkanes of at least 4 members (excludes halogenated alkanes) is 3. The molecule has 1 saturated heterocycles. The van der Waals surface area contributed by atoms with Gasteiger partial charge in [-0.05, 0) is 60.4 Å². The van der Waals surface area contributed by atoms with Crippen molar-refractivity contribution >= 4 is 17.4 Å². The van der Waals surface area contributed by atoms with Gasteiger partial charge in [0.25, 0.3) is 11.7 Å². The van der Waals surface area contributed by atoms with Crippen molar-refractivity contribution in [2.75, 3.05) is 13.2 Å². The highest BCUT2D eigenvalue weighted by atomic mass is 16.5. The minimum absolute atomic E-state index is 0.0522. The van der Waals surface area contributed by atoms with Crippen LogP contribution in [0.3, 0.4) is 0 Å². The predicted octanol–water partition coefficient (Wildman–Crippen LogP) is 6.45. The van der Waals surface area contributed by atoms with Gasteiger partial charge in [0.2, 0.25) is 0 Å². The van der Waals surface area contributed by atoms with Gasteiger partial charge in [-0.2, -0.15) is 0 Å². The topological polar surface area (TPSA) is 89.0 Å². The van der Waals surface area contributed by atoms with Crippen LogP contribution in [0.1, 0.15) is 68.7 Å². The minimum Gasteiger partial charge on any atom is -0.507 e. The number of rotatable bonds is 13. The molecule has 0 bridgehead atoms. The van der Waals surface area contributed by atoms with E-state index in [4.69, 9.17) is 9.47 Å². The third kappa shape index (κ3) is 6.85. The molecule has 1 N–H and O–H groups in total. The van der Waals surface area contributed by atoms with Gasteiger partial charge in [-0.15, -0.1) is 0 Å². The van der Waals surface area contributed by atoms with E-state index in [0.29, 0.717) is 30.1 Å². The first-order chi connectivity index (χ1) is 19.0. The molecule has 1 unspecified atom stereocenters. The van der Waals surface area contributed by atoms with Gasteiger partial charge >= 0.3 is 0 Å². The van der Waals surface area contributed by atoms with Crippen LogP contribution >= 0.6 is 0 Å². The van der Waals surface area contributed by atoms with E-state index in [1.165, 1.54) is 4.90 Å². The number of nitrogens with zero attached hydrogens (tertiary/aromatic N) is 2. The number of carbonyl (C=O) groups is 2. The van der Waals surface area contributed by atoms with Gasteiger partial charge in [0.15, 0.2) is 0 Å². The van der Waals surface area contributed by atoms with E-state index in [-0.39, 0.29) is 17.9 Å². The lowest BCUT2D eigenvalue weighted by molar-refractivity contribution is -0.140. The molecule has 4 rings (SSSR count). The highest BCUT2D eigenvalue weighted by Crippen LogP contribution is 2.41. The van der Waals surface area contributed by atoms with E-state index in [2.05, 4.69) is 18.8 Å². The van der Waals surface area contributed by atoms with Crippen LogP contribution in [0.4, 0.5) is 0 Å². The molecule has 2 aromatic carbocycles. The second-order valence-corrected chi connectivity index (χ2v) is 9.64. The molecule has 1 aliphatic heterocycles. The van der Waals surface area contributed by atoms with Crippen molar-refractivity contribution in [1.29, 1.82) is 0 Å². The molecule has 204 valence electrons. The number of aromatic nitrogens is 1. The van der Waals surface area contributed by atoms with Crippen LogP contribution in [0, 0.1) is 0 Å². The first kappa shape index (κ1) is 27.9. The van der Waals surface area contributed by atoms with Gasteiger partial charge in [0.05, 0.1) is 24.8 Å². The average molecular weight is 529 g/mol. The Balaban J connectivity index is 1.70. The van der Waals surface area contributed by atoms with Gasteiger partial charge in [0, 0.05) is 24.5 Å². The Morgan fingerprint density at radius 1 is 0.872 bits per heavy atom. The van der Waals surface area contributed by atoms with E-state index in [1.807, 2.05) is 30.3 Å². The van der Waals surface area contributed by atoms with Gasteiger partial charge in [-0.3, -0.25) is 14.6 Å². The Morgan fingerprint density at radius 2 is 1.56 bits per heavy atom. The van der Waals surface area contributed by atoms with E-state index in [0.717, 1.165) is 43.4 Å². The number of likely N-dealkylation sites (tertiary alicyclic amines) is 1. The summed E-state index contributed by atoms with van der Waals surface area (Å²) in [4.78, 5) is 32.3. The zero-order chi connectivity index (χ0) is 27.6. The molecule has 3 aromatic rings. The fourth-order valence-corrected chi connectivity index (χ4v) is 4.59. The van der Waals surface area contributed by atoms with Crippen LogP contribution in [0.2, 0.25) is 0 Å². The van der Waals surface area contributed by atoms with Gasteiger partial charge in [0.1, 0.15) is 17.3 Å². The summed E-state index contributed by atoms with van der Waals surface area (Å²) in [5.74, 6) is -0.286. The monoisotopic (exact) mass is 528 g/mol. The molecule has 7 heteroatoms. The van der Waals surface area contributed by atoms with Crippen molar-refractivity contribution in [2.45, 2.75) is 58.5 Å². The van der Waals surface area contributed by atoms with Crippen LogP contribution < -0.4 is 9.47 Å². The molecule has 0 saturated carbocycles. The third-order valence-corrected chi connectivity index (χ3v) is 6.73. The SMILES string of the molecule is CCCCCOc1ccc(C2/C(=C(\O)c3cccc(OCCCC)c3)C(=O)C(=O)N2Cc2ccncc2)cc1. The van der Waals surface area contributed by atoms with E-state index in [9.17, 15) is 14.7 Å². The Labute approximate surface area is 230 Å². The lowest BCUT2D eigenvalue weighted by atomic mass is 9.95. The van der Waals surface area contributed by atoms with Crippen molar-refractivity contribution in [1.82, 2.24) is 9.88 Å². The maximum atomic E-state index is 13.4. The lowest BCUT2D eigenvalue weighted by Crippen LogP contribution is -2.29. The largest absolute Gasteiger partial charge is 0.507 e. The lowest BCUT2D eigenvalue weighted by Gasteiger charge is -2.25. The molecule has 1 atom stereocenters. The molecule has 1 aliphatic rings. The van der Waals surface area contributed by atoms with Crippen molar-refractivity contribution in [3.05, 3.63) is 95.3 Å². The molecule has 0 spiro atoms. The summed E-state index contributed by atoms with van der Waals surface area (Å²) in [6, 6.07) is 17.2. The maximum Gasteiger partial charge on any atom is 0.295 e. The summed E-state index contributed by atoms with van der Waals surface area (Å²) in [6.45, 7) is 5.62. The van der Waals surface area contributed by atoms with Gasteiger partial charge < -0.3 is 19.5 Å². The summed E-state index contributed by atoms with van der Waals surface area (Å²) in [5, 5.41) is 11.4. The number of aliphatic hydroxyl groups is 1. The highest BCUT2D eigenvalue weighted by molar-refractivity contribution is 6.46. The predicted molar refractivity (Wildman–Crippen MR) is 150 cm³/mol. The highest BCUT2D eigenvalue weighted by Gasteiger charge is 2.46. The summed E-state index contributed by atoms with van der Waals surface area (Å²) in [6.07, 6.45) is 8.41. The van der Waals surface area contributed by atoms with Crippen molar-refractivity contribution in [3.63, 3.8) is 0 Å². The normalized spacial score (nSPS) is 16.5. The number of amides is 1. The number of ether oxygens (including phenoxy) is 2. The Hall–Kier alpha value is -4.13. The molecule has 2 heterocycles. The van der Waals surface area contributed by atoms with E-state index < -0.39 is 17.7 Å². The second kappa shape index (κ2) is 13.6. The van der Waals surface area contributed by atoms with Crippen molar-refractivity contribution < 1.29 is 24.2 Å². The van der Waals surface area contributed by atoms with Crippen LogP contribution in [-0.2, 0) is 16.1 Å². The Bertz CT molecular complexity index is 1290. The number of carbonyl (C=O) groups excluding carboxylic acids is 2. The summed E-state index contributed by atoms with van der Waals surface area (Å²) in [5.41, 5.74) is 2.02. The zero-order valence-electron chi connectivity index (χ0n) is 22.6. The quantitative estimate of drug-likeness (QED) is 0.119. The number of aliphatic hydroxyl groups excluding tert-OH is 1. The van der Waals surface area contributed by atoms with Gasteiger partial charge in [-0.1, -0.05) is 57.4 Å². The fourth-order valence-electron chi connectivity index (χ4n) is 4.59. The Kier molecular flexibility index (Phi) is 9.73. The van der Waals surface area contributed by atoms with Crippen LogP contribution in [0.5, 0.6) is 11.5 Å². The van der Waals surface area contributed by atoms with Crippen LogP contribution in [0.25, 0.3) is 5.76 Å². The van der Waals surface area contributed by atoms with Crippen LogP contribution in [-0.4, -0.2) is 39.9 Å². The van der Waals surface area contributed by atoms with Crippen molar-refractivity contribution in [3.8, 4) is 11.5 Å². The van der Waals surface area contributed by atoms with E-state index in [1.54, 1.807) is 42.7 Å². The van der Waals surface area contributed by atoms with Gasteiger partial charge in [-0.25, -0.2) is 0 Å². The Morgan fingerprint density at radius 3 is 2.28 bits per heavy atom. The number of hydrogen-bond acceptors (Lipinski definition) is 6. The summed E-state index contributed by atoms with van der Waals surface area (Å²) >= 11 is 0. The first-order valence-electron chi connectivity index (χ1n) is 13.7. The maximum absolute atomic E-state index is 13.4. The van der Waals surface area contributed by atoms with Crippen LogP contribution in [0.15, 0.2) is 78.6 Å². The number of Topliss-reactive ketones (excluding diaryl/α,β-unsaturated/α-hetero) is 1. The summed E-state index contributed by atoms with van der Waals surface area (Å²) < 4.78 is 11.7. The smallest absolute Gasteiger partial charge is 0.295 e. The molecular weight excluding hydrogens is 492 g/mol. The summed E-state index contributed by atoms with van der Waals surface area (Å²) in [7, 11) is 0. The molecular formula is C32H36N2O5. The minimum atomic E-state index is -0.767. The fraction of sp³-hybridized carbons (Fsp3) is 0.344. The molecule has 0 aliphatic carbocycles. The average Bonchev–Trinajstić information content (AvgIpc) is 3.21. The standard InChI is InChI=1S/C32H36N2O5/c1-3-5-7-20-38-26-13-11-24(12-14-26)29-28(30(35)25-9-8-10-27(21-25)39-19-6-4-2)31(36)32(37)34(29)22-23-15-17-33-18-16-23/h8-18,21,29,35H,3-7,19-20,22H2,1-2H3/b30-28+. The first-order valence-corrected chi connectivity index (χ1v) is 13.7. The molecule has 1 aromatic heterocycles. The second-order valence-electron chi connectivity index (χ2n) is 9.64. The molecule has 0 radical (unpaired) electrons. The number of pyridine rings is 1. The molecule has 1 amide bonds. The molecule has 1 fully saturated rings. The number of ketones is 1. The zero-order valence-corrected chi connectivity index (χ0v) is 22.6.